The van der Waals surface area contributed by atoms with E-state index in [0.29, 0.717) is 0 Å². The summed E-state index contributed by atoms with van der Waals surface area (Å²) in [5.41, 5.74) is 3.08. The molecule has 4 nitrogen and oxygen atoms in total. The number of nitrogens with zero attached hydrogens (tertiary/aromatic N) is 2. The van der Waals surface area contributed by atoms with Crippen LogP contribution < -0.4 is 10.1 Å². The standard InChI is InChI=1S/C15H19N3O/c1-4-7-17-15-10-16-9-14(18-15)13-6-5-12(19-3)8-11(13)2/h5-6,8-10H,4,7H2,1-3H3,(H,17,18). The molecular weight excluding hydrogens is 238 g/mol. The fourth-order valence-electron chi connectivity index (χ4n) is 1.88. The van der Waals surface area contributed by atoms with E-state index in [0.717, 1.165) is 41.4 Å². The highest BCUT2D eigenvalue weighted by Crippen LogP contribution is 2.25. The molecule has 1 aromatic carbocycles. The molecule has 100 valence electrons. The Morgan fingerprint density at radius 3 is 2.79 bits per heavy atom. The molecule has 0 fully saturated rings. The number of ether oxygens (including phenoxy) is 1. The van der Waals surface area contributed by atoms with Crippen LogP contribution in [0.2, 0.25) is 0 Å². The van der Waals surface area contributed by atoms with E-state index in [9.17, 15) is 0 Å². The summed E-state index contributed by atoms with van der Waals surface area (Å²) in [5, 5.41) is 3.25. The molecule has 1 heterocycles. The largest absolute Gasteiger partial charge is 0.497 e. The highest BCUT2D eigenvalue weighted by molar-refractivity contribution is 5.65. The van der Waals surface area contributed by atoms with Crippen molar-refractivity contribution in [3.05, 3.63) is 36.2 Å². The van der Waals surface area contributed by atoms with Crippen molar-refractivity contribution >= 4 is 5.82 Å². The van der Waals surface area contributed by atoms with Crippen LogP contribution in [0.15, 0.2) is 30.6 Å². The molecule has 0 saturated carbocycles. The number of nitrogens with one attached hydrogen (secondary N) is 1. The molecule has 0 aliphatic carbocycles. The monoisotopic (exact) mass is 257 g/mol. The third-order valence-corrected chi connectivity index (χ3v) is 2.90. The van der Waals surface area contributed by atoms with Crippen LogP contribution in [0.4, 0.5) is 5.82 Å². The number of methoxy groups -OCH3 is 1. The van der Waals surface area contributed by atoms with E-state index in [2.05, 4.69) is 22.2 Å². The molecule has 19 heavy (non-hydrogen) atoms. The molecule has 0 unspecified atom stereocenters. The second-order valence-corrected chi connectivity index (χ2v) is 4.40. The van der Waals surface area contributed by atoms with Crippen LogP contribution in [0, 0.1) is 6.92 Å². The SMILES string of the molecule is CCCNc1cncc(-c2ccc(OC)cc2C)n1. The summed E-state index contributed by atoms with van der Waals surface area (Å²) in [6, 6.07) is 5.96. The number of aromatic nitrogens is 2. The zero-order valence-corrected chi connectivity index (χ0v) is 11.6. The molecule has 1 N–H and O–H groups in total. The van der Waals surface area contributed by atoms with Gasteiger partial charge in [-0.2, -0.15) is 0 Å². The average molecular weight is 257 g/mol. The molecule has 0 saturated heterocycles. The smallest absolute Gasteiger partial charge is 0.145 e. The van der Waals surface area contributed by atoms with Gasteiger partial charge in [-0.1, -0.05) is 6.92 Å². The van der Waals surface area contributed by atoms with Gasteiger partial charge in [0.2, 0.25) is 0 Å². The Balaban J connectivity index is 2.30. The molecule has 2 rings (SSSR count). The van der Waals surface area contributed by atoms with Crippen molar-refractivity contribution in [3.8, 4) is 17.0 Å². The van der Waals surface area contributed by atoms with Gasteiger partial charge in [0.25, 0.3) is 0 Å². The number of hydrogen-bond donors (Lipinski definition) is 1. The summed E-state index contributed by atoms with van der Waals surface area (Å²) < 4.78 is 5.21. The number of aryl methyl sites for hydroxylation is 1. The Hall–Kier alpha value is -2.10. The van der Waals surface area contributed by atoms with Crippen molar-refractivity contribution in [1.29, 1.82) is 0 Å². The van der Waals surface area contributed by atoms with Gasteiger partial charge in [-0.15, -0.1) is 0 Å². The fraction of sp³-hybridized carbons (Fsp3) is 0.333. The predicted molar refractivity (Wildman–Crippen MR) is 77.5 cm³/mol. The van der Waals surface area contributed by atoms with E-state index >= 15 is 0 Å². The van der Waals surface area contributed by atoms with Crippen molar-refractivity contribution in [2.45, 2.75) is 20.3 Å². The maximum Gasteiger partial charge on any atom is 0.145 e. The molecule has 0 spiro atoms. The first-order valence-electron chi connectivity index (χ1n) is 6.45. The van der Waals surface area contributed by atoms with E-state index in [1.807, 2.05) is 25.1 Å². The molecule has 2 aromatic rings. The van der Waals surface area contributed by atoms with Crippen molar-refractivity contribution in [3.63, 3.8) is 0 Å². The van der Waals surface area contributed by atoms with Gasteiger partial charge in [-0.05, 0) is 37.1 Å². The first-order chi connectivity index (χ1) is 9.24. The van der Waals surface area contributed by atoms with Gasteiger partial charge in [0.1, 0.15) is 11.6 Å². The minimum absolute atomic E-state index is 0.814. The minimum Gasteiger partial charge on any atom is -0.497 e. The van der Waals surface area contributed by atoms with Crippen LogP contribution >= 0.6 is 0 Å². The Morgan fingerprint density at radius 1 is 1.26 bits per heavy atom. The quantitative estimate of drug-likeness (QED) is 0.893. The Kier molecular flexibility index (Phi) is 4.34. The predicted octanol–water partition coefficient (Wildman–Crippen LogP) is 3.28. The zero-order valence-electron chi connectivity index (χ0n) is 11.6. The van der Waals surface area contributed by atoms with E-state index in [-0.39, 0.29) is 0 Å². The highest BCUT2D eigenvalue weighted by Gasteiger charge is 2.06. The van der Waals surface area contributed by atoms with Crippen molar-refractivity contribution in [2.24, 2.45) is 0 Å². The lowest BCUT2D eigenvalue weighted by Gasteiger charge is -2.09. The first kappa shape index (κ1) is 13.3. The minimum atomic E-state index is 0.814. The molecule has 0 amide bonds. The van der Waals surface area contributed by atoms with Crippen LogP contribution in [-0.4, -0.2) is 23.6 Å². The maximum atomic E-state index is 5.21. The summed E-state index contributed by atoms with van der Waals surface area (Å²) in [5.74, 6) is 1.67. The van der Waals surface area contributed by atoms with Gasteiger partial charge >= 0.3 is 0 Å². The number of anilines is 1. The van der Waals surface area contributed by atoms with E-state index in [1.54, 1.807) is 19.5 Å². The van der Waals surface area contributed by atoms with Crippen LogP contribution in [0.3, 0.4) is 0 Å². The van der Waals surface area contributed by atoms with Gasteiger partial charge in [-0.3, -0.25) is 4.98 Å². The van der Waals surface area contributed by atoms with Crippen LogP contribution in [0.5, 0.6) is 5.75 Å². The second kappa shape index (κ2) is 6.18. The summed E-state index contributed by atoms with van der Waals surface area (Å²) in [7, 11) is 1.67. The Labute approximate surface area is 113 Å². The fourth-order valence-corrected chi connectivity index (χ4v) is 1.88. The van der Waals surface area contributed by atoms with Crippen molar-refractivity contribution < 1.29 is 4.74 Å². The summed E-state index contributed by atoms with van der Waals surface area (Å²) in [6.45, 7) is 5.07. The number of rotatable bonds is 5. The van der Waals surface area contributed by atoms with Crippen LogP contribution in [0.1, 0.15) is 18.9 Å². The molecule has 0 aliphatic heterocycles. The van der Waals surface area contributed by atoms with Gasteiger partial charge in [-0.25, -0.2) is 4.98 Å². The molecular formula is C15H19N3O. The lowest BCUT2D eigenvalue weighted by Crippen LogP contribution is -2.03. The maximum absolute atomic E-state index is 5.21. The number of benzene rings is 1. The topological polar surface area (TPSA) is 47.0 Å². The van der Waals surface area contributed by atoms with E-state index in [4.69, 9.17) is 4.74 Å². The molecule has 0 atom stereocenters. The molecule has 4 heteroatoms. The van der Waals surface area contributed by atoms with Gasteiger partial charge < -0.3 is 10.1 Å². The third-order valence-electron chi connectivity index (χ3n) is 2.90. The molecule has 0 aliphatic rings. The molecule has 0 radical (unpaired) electrons. The van der Waals surface area contributed by atoms with Gasteiger partial charge in [0.15, 0.2) is 0 Å². The van der Waals surface area contributed by atoms with E-state index in [1.165, 1.54) is 0 Å². The summed E-state index contributed by atoms with van der Waals surface area (Å²) in [6.07, 6.45) is 4.59. The van der Waals surface area contributed by atoms with E-state index < -0.39 is 0 Å². The average Bonchev–Trinajstić information content (AvgIpc) is 2.45. The molecule has 0 bridgehead atoms. The van der Waals surface area contributed by atoms with Crippen LogP contribution in [-0.2, 0) is 0 Å². The summed E-state index contributed by atoms with van der Waals surface area (Å²) in [4.78, 5) is 8.82. The zero-order chi connectivity index (χ0) is 13.7. The Morgan fingerprint density at radius 2 is 2.11 bits per heavy atom. The molecule has 1 aromatic heterocycles. The normalized spacial score (nSPS) is 10.3. The van der Waals surface area contributed by atoms with Gasteiger partial charge in [0, 0.05) is 12.1 Å². The number of hydrogen-bond acceptors (Lipinski definition) is 4. The third kappa shape index (κ3) is 3.22. The van der Waals surface area contributed by atoms with Crippen LogP contribution in [0.25, 0.3) is 11.3 Å². The highest BCUT2D eigenvalue weighted by atomic mass is 16.5. The first-order valence-corrected chi connectivity index (χ1v) is 6.45. The lowest BCUT2D eigenvalue weighted by atomic mass is 10.1. The van der Waals surface area contributed by atoms with Crippen molar-refractivity contribution in [2.75, 3.05) is 19.0 Å². The Bertz CT molecular complexity index is 555. The van der Waals surface area contributed by atoms with Gasteiger partial charge in [0.05, 0.1) is 25.2 Å². The summed E-state index contributed by atoms with van der Waals surface area (Å²) >= 11 is 0. The van der Waals surface area contributed by atoms with Crippen molar-refractivity contribution in [1.82, 2.24) is 9.97 Å². The lowest BCUT2D eigenvalue weighted by molar-refractivity contribution is 0.414. The second-order valence-electron chi connectivity index (χ2n) is 4.40.